The SMILES string of the molecule is N#C/C(=N\Nc1cc(O)c(F)c(F)c1)C(=N)N. The van der Waals surface area contributed by atoms with Gasteiger partial charge in [-0.2, -0.15) is 14.8 Å². The zero-order valence-corrected chi connectivity index (χ0v) is 8.33. The molecule has 1 aromatic rings. The molecule has 0 saturated heterocycles. The minimum atomic E-state index is -1.38. The fraction of sp³-hybridized carbons (Fsp3) is 0. The molecule has 0 aliphatic carbocycles. The lowest BCUT2D eigenvalue weighted by Crippen LogP contribution is -2.21. The van der Waals surface area contributed by atoms with Gasteiger partial charge < -0.3 is 10.8 Å². The minimum absolute atomic E-state index is 0.0876. The highest BCUT2D eigenvalue weighted by Crippen LogP contribution is 2.23. The van der Waals surface area contributed by atoms with E-state index >= 15 is 0 Å². The molecule has 0 spiro atoms. The summed E-state index contributed by atoms with van der Waals surface area (Å²) in [5, 5.41) is 27.8. The van der Waals surface area contributed by atoms with Crippen LogP contribution in [0.4, 0.5) is 14.5 Å². The molecule has 17 heavy (non-hydrogen) atoms. The molecule has 0 aliphatic heterocycles. The van der Waals surface area contributed by atoms with Gasteiger partial charge in [-0.15, -0.1) is 0 Å². The molecule has 0 heterocycles. The Morgan fingerprint density at radius 3 is 2.65 bits per heavy atom. The third-order valence-electron chi connectivity index (χ3n) is 1.67. The van der Waals surface area contributed by atoms with E-state index in [9.17, 15) is 8.78 Å². The molecule has 0 aliphatic rings. The van der Waals surface area contributed by atoms with Crippen molar-refractivity contribution < 1.29 is 13.9 Å². The average molecular weight is 239 g/mol. The Balaban J connectivity index is 2.98. The summed E-state index contributed by atoms with van der Waals surface area (Å²) in [6, 6.07) is 3.12. The Morgan fingerprint density at radius 2 is 2.18 bits per heavy atom. The van der Waals surface area contributed by atoms with Gasteiger partial charge in [0.15, 0.2) is 23.2 Å². The van der Waals surface area contributed by atoms with Crippen LogP contribution in [0.15, 0.2) is 17.2 Å². The monoisotopic (exact) mass is 239 g/mol. The van der Waals surface area contributed by atoms with E-state index in [1.807, 2.05) is 0 Å². The standard InChI is InChI=1S/C9H7F2N5O/c10-5-1-4(2-7(17)8(5)11)15-16-6(3-12)9(13)14/h1-2,15,17H,(H3,13,14)/b16-6+. The predicted molar refractivity (Wildman–Crippen MR) is 56.6 cm³/mol. The Labute approximate surface area is 94.5 Å². The van der Waals surface area contributed by atoms with Crippen molar-refractivity contribution in [2.75, 3.05) is 5.43 Å². The summed E-state index contributed by atoms with van der Waals surface area (Å²) >= 11 is 0. The molecule has 1 rings (SSSR count). The van der Waals surface area contributed by atoms with Crippen molar-refractivity contribution >= 4 is 17.2 Å². The number of halogens is 2. The number of rotatable bonds is 3. The number of anilines is 1. The fourth-order valence-corrected chi connectivity index (χ4v) is 0.905. The average Bonchev–Trinajstić information content (AvgIpc) is 2.26. The number of phenolic OH excluding ortho intramolecular Hbond substituents is 1. The summed E-state index contributed by atoms with van der Waals surface area (Å²) < 4.78 is 25.6. The number of nitrogens with one attached hydrogen (secondary N) is 2. The molecular weight excluding hydrogens is 232 g/mol. The van der Waals surface area contributed by atoms with Gasteiger partial charge in [-0.05, 0) is 0 Å². The molecule has 5 N–H and O–H groups in total. The summed E-state index contributed by atoms with van der Waals surface area (Å²) in [7, 11) is 0. The van der Waals surface area contributed by atoms with Gasteiger partial charge in [-0.25, -0.2) is 4.39 Å². The van der Waals surface area contributed by atoms with Gasteiger partial charge >= 0.3 is 0 Å². The third-order valence-corrected chi connectivity index (χ3v) is 1.67. The molecule has 0 fully saturated rings. The number of nitrogens with zero attached hydrogens (tertiary/aromatic N) is 2. The van der Waals surface area contributed by atoms with Crippen LogP contribution in [-0.4, -0.2) is 16.7 Å². The molecule has 0 amide bonds. The van der Waals surface area contributed by atoms with Crippen molar-refractivity contribution in [1.29, 1.82) is 10.7 Å². The lowest BCUT2D eigenvalue weighted by molar-refractivity contribution is 0.407. The van der Waals surface area contributed by atoms with Crippen LogP contribution in [0.3, 0.4) is 0 Å². The van der Waals surface area contributed by atoms with E-state index in [1.54, 1.807) is 0 Å². The maximum atomic E-state index is 12.8. The first-order valence-electron chi connectivity index (χ1n) is 4.22. The van der Waals surface area contributed by atoms with Crippen LogP contribution in [0.1, 0.15) is 0 Å². The fourth-order valence-electron chi connectivity index (χ4n) is 0.905. The highest BCUT2D eigenvalue weighted by atomic mass is 19.2. The molecule has 0 saturated carbocycles. The molecule has 0 bridgehead atoms. The van der Waals surface area contributed by atoms with Gasteiger partial charge in [-0.3, -0.25) is 10.8 Å². The summed E-state index contributed by atoms with van der Waals surface area (Å²) in [5.74, 6) is -4.13. The number of amidine groups is 1. The van der Waals surface area contributed by atoms with Crippen LogP contribution in [0, 0.1) is 28.4 Å². The number of hydrogen-bond acceptors (Lipinski definition) is 5. The number of nitriles is 1. The first-order valence-corrected chi connectivity index (χ1v) is 4.22. The first kappa shape index (κ1) is 12.4. The maximum absolute atomic E-state index is 12.8. The Hall–Kier alpha value is -2.69. The second-order valence-corrected chi connectivity index (χ2v) is 2.89. The predicted octanol–water partition coefficient (Wildman–Crippen LogP) is 0.898. The van der Waals surface area contributed by atoms with Crippen LogP contribution < -0.4 is 11.2 Å². The van der Waals surface area contributed by atoms with Crippen molar-refractivity contribution in [3.8, 4) is 11.8 Å². The quantitative estimate of drug-likeness (QED) is 0.356. The number of hydrazone groups is 1. The zero-order chi connectivity index (χ0) is 13.0. The van der Waals surface area contributed by atoms with E-state index in [0.717, 1.165) is 12.1 Å². The van der Waals surface area contributed by atoms with Crippen molar-refractivity contribution in [2.24, 2.45) is 10.8 Å². The highest BCUT2D eigenvalue weighted by molar-refractivity contribution is 6.45. The van der Waals surface area contributed by atoms with Crippen molar-refractivity contribution in [2.45, 2.75) is 0 Å². The van der Waals surface area contributed by atoms with Gasteiger partial charge in [-0.1, -0.05) is 0 Å². The lowest BCUT2D eigenvalue weighted by Gasteiger charge is -2.03. The number of phenols is 1. The van der Waals surface area contributed by atoms with Gasteiger partial charge in [0.25, 0.3) is 0 Å². The van der Waals surface area contributed by atoms with E-state index in [2.05, 4.69) is 10.5 Å². The topological polar surface area (TPSA) is 118 Å². The molecule has 8 heteroatoms. The third kappa shape index (κ3) is 2.88. The molecule has 1 aromatic carbocycles. The summed E-state index contributed by atoms with van der Waals surface area (Å²) in [6.07, 6.45) is 0. The van der Waals surface area contributed by atoms with E-state index in [4.69, 9.17) is 21.5 Å². The van der Waals surface area contributed by atoms with Crippen molar-refractivity contribution in [1.82, 2.24) is 0 Å². The molecule has 6 nitrogen and oxygen atoms in total. The molecule has 0 aromatic heterocycles. The zero-order valence-electron chi connectivity index (χ0n) is 8.33. The lowest BCUT2D eigenvalue weighted by atomic mass is 10.3. The molecule has 88 valence electrons. The minimum Gasteiger partial charge on any atom is -0.505 e. The summed E-state index contributed by atoms with van der Waals surface area (Å²) in [6.45, 7) is 0. The number of benzene rings is 1. The highest BCUT2D eigenvalue weighted by Gasteiger charge is 2.09. The number of hydrogen-bond donors (Lipinski definition) is 4. The Bertz CT molecular complexity index is 512. The summed E-state index contributed by atoms with van der Waals surface area (Å²) in [5.41, 5.74) is 6.66. The normalized spacial score (nSPS) is 10.8. The maximum Gasteiger partial charge on any atom is 0.201 e. The Morgan fingerprint density at radius 1 is 1.53 bits per heavy atom. The molecule has 0 radical (unpaired) electrons. The second kappa shape index (κ2) is 4.89. The van der Waals surface area contributed by atoms with E-state index < -0.39 is 28.9 Å². The largest absolute Gasteiger partial charge is 0.505 e. The second-order valence-electron chi connectivity index (χ2n) is 2.89. The van der Waals surface area contributed by atoms with Crippen molar-refractivity contribution in [3.63, 3.8) is 0 Å². The molecular formula is C9H7F2N5O. The smallest absolute Gasteiger partial charge is 0.201 e. The summed E-state index contributed by atoms with van der Waals surface area (Å²) in [4.78, 5) is 0. The van der Waals surface area contributed by atoms with Gasteiger partial charge in [0.1, 0.15) is 6.07 Å². The van der Waals surface area contributed by atoms with Gasteiger partial charge in [0.05, 0.1) is 5.69 Å². The van der Waals surface area contributed by atoms with E-state index in [-0.39, 0.29) is 5.69 Å². The Kier molecular flexibility index (Phi) is 3.56. The molecule has 0 unspecified atom stereocenters. The number of nitrogens with two attached hydrogens (primary N) is 1. The van der Waals surface area contributed by atoms with Crippen LogP contribution in [0.2, 0.25) is 0 Å². The van der Waals surface area contributed by atoms with Gasteiger partial charge in [0, 0.05) is 12.1 Å². The van der Waals surface area contributed by atoms with Gasteiger partial charge in [0.2, 0.25) is 5.71 Å². The van der Waals surface area contributed by atoms with Crippen molar-refractivity contribution in [3.05, 3.63) is 23.8 Å². The van der Waals surface area contributed by atoms with Crippen LogP contribution >= 0.6 is 0 Å². The van der Waals surface area contributed by atoms with E-state index in [1.165, 1.54) is 6.07 Å². The van der Waals surface area contributed by atoms with Crippen LogP contribution in [0.25, 0.3) is 0 Å². The van der Waals surface area contributed by atoms with Crippen LogP contribution in [0.5, 0.6) is 5.75 Å². The first-order chi connectivity index (χ1) is 7.95. The number of aromatic hydroxyl groups is 1. The van der Waals surface area contributed by atoms with E-state index in [0.29, 0.717) is 0 Å². The van der Waals surface area contributed by atoms with Crippen LogP contribution in [-0.2, 0) is 0 Å². The molecule has 0 atom stereocenters.